The minimum atomic E-state index is -4.35. The SMILES string of the molecule is NCc1ccc(/C(=C/CC(F)(F)F)c2cc(Cl)c(Cl)c(Cl)c2)c2ccccc12. The van der Waals surface area contributed by atoms with E-state index in [4.69, 9.17) is 40.5 Å². The van der Waals surface area contributed by atoms with Crippen molar-refractivity contribution in [1.29, 1.82) is 0 Å². The largest absolute Gasteiger partial charge is 0.392 e. The summed E-state index contributed by atoms with van der Waals surface area (Å²) in [6.07, 6.45) is -4.30. The molecule has 0 aliphatic rings. The minimum Gasteiger partial charge on any atom is -0.326 e. The maximum absolute atomic E-state index is 13.0. The summed E-state index contributed by atoms with van der Waals surface area (Å²) < 4.78 is 38.9. The summed E-state index contributed by atoms with van der Waals surface area (Å²) in [6, 6.07) is 14.1. The Morgan fingerprint density at radius 1 is 0.929 bits per heavy atom. The highest BCUT2D eigenvalue weighted by Crippen LogP contribution is 2.38. The van der Waals surface area contributed by atoms with E-state index >= 15 is 0 Å². The smallest absolute Gasteiger partial charge is 0.326 e. The standard InChI is InChI=1S/C21H15Cl3F3N/c22-18-9-13(10-19(23)20(18)24)15(7-8-21(25,26)27)17-6-5-12(11-28)14-3-1-2-4-16(14)17/h1-7,9-10H,8,11,28H2/b15-7+. The first kappa shape index (κ1) is 21.0. The summed E-state index contributed by atoms with van der Waals surface area (Å²) in [5, 5.41) is 2.17. The summed E-state index contributed by atoms with van der Waals surface area (Å²) >= 11 is 18.3. The molecule has 0 spiro atoms. The van der Waals surface area contributed by atoms with Gasteiger partial charge in [-0.1, -0.05) is 77.3 Å². The third-order valence-corrected chi connectivity index (χ3v) is 5.55. The molecule has 0 bridgehead atoms. The van der Waals surface area contributed by atoms with Gasteiger partial charge in [-0.25, -0.2) is 0 Å². The fraction of sp³-hybridized carbons (Fsp3) is 0.143. The molecule has 0 fully saturated rings. The first-order chi connectivity index (χ1) is 13.2. The Morgan fingerprint density at radius 3 is 2.11 bits per heavy atom. The lowest BCUT2D eigenvalue weighted by Gasteiger charge is -2.16. The van der Waals surface area contributed by atoms with E-state index in [0.29, 0.717) is 23.2 Å². The van der Waals surface area contributed by atoms with Crippen LogP contribution in [0.4, 0.5) is 13.2 Å². The van der Waals surface area contributed by atoms with Crippen LogP contribution in [0, 0.1) is 0 Å². The molecule has 0 aromatic heterocycles. The van der Waals surface area contributed by atoms with Crippen LogP contribution in [0.3, 0.4) is 0 Å². The summed E-state index contributed by atoms with van der Waals surface area (Å²) in [5.41, 5.74) is 8.17. The lowest BCUT2D eigenvalue weighted by molar-refractivity contribution is -0.124. The number of halogens is 6. The maximum atomic E-state index is 13.0. The molecule has 3 aromatic rings. The zero-order valence-electron chi connectivity index (χ0n) is 14.5. The predicted octanol–water partition coefficient (Wildman–Crippen LogP) is 7.64. The molecule has 0 saturated heterocycles. The first-order valence-electron chi connectivity index (χ1n) is 8.34. The minimum absolute atomic E-state index is 0.158. The van der Waals surface area contributed by atoms with E-state index < -0.39 is 12.6 Å². The normalized spacial score (nSPS) is 12.6. The lowest BCUT2D eigenvalue weighted by atomic mass is 9.90. The van der Waals surface area contributed by atoms with Crippen LogP contribution in [0.25, 0.3) is 16.3 Å². The highest BCUT2D eigenvalue weighted by atomic mass is 35.5. The lowest BCUT2D eigenvalue weighted by Crippen LogP contribution is -2.05. The molecule has 0 atom stereocenters. The summed E-state index contributed by atoms with van der Waals surface area (Å²) in [5.74, 6) is 0. The second-order valence-electron chi connectivity index (χ2n) is 6.21. The Labute approximate surface area is 175 Å². The molecule has 3 rings (SSSR count). The van der Waals surface area contributed by atoms with E-state index in [1.807, 2.05) is 30.3 Å². The second-order valence-corrected chi connectivity index (χ2v) is 7.41. The number of allylic oxidation sites excluding steroid dienone is 1. The van der Waals surface area contributed by atoms with Crippen molar-refractivity contribution in [2.24, 2.45) is 5.73 Å². The van der Waals surface area contributed by atoms with Crippen molar-refractivity contribution in [3.63, 3.8) is 0 Å². The summed E-state index contributed by atoms with van der Waals surface area (Å²) in [6.45, 7) is 0.320. The van der Waals surface area contributed by atoms with Crippen molar-refractivity contribution in [2.75, 3.05) is 0 Å². The molecule has 2 N–H and O–H groups in total. The van der Waals surface area contributed by atoms with Crippen molar-refractivity contribution in [3.05, 3.63) is 86.4 Å². The van der Waals surface area contributed by atoms with Gasteiger partial charge in [-0.15, -0.1) is 0 Å². The van der Waals surface area contributed by atoms with Crippen LogP contribution in [-0.2, 0) is 6.54 Å². The number of hydrogen-bond acceptors (Lipinski definition) is 1. The quantitative estimate of drug-likeness (QED) is 0.411. The number of nitrogens with two attached hydrogens (primary N) is 1. The first-order valence-corrected chi connectivity index (χ1v) is 9.47. The van der Waals surface area contributed by atoms with Gasteiger partial charge in [-0.3, -0.25) is 0 Å². The molecule has 1 nitrogen and oxygen atoms in total. The molecule has 0 amide bonds. The van der Waals surface area contributed by atoms with E-state index in [1.54, 1.807) is 6.07 Å². The van der Waals surface area contributed by atoms with E-state index in [1.165, 1.54) is 12.1 Å². The van der Waals surface area contributed by atoms with Crippen molar-refractivity contribution >= 4 is 51.1 Å². The van der Waals surface area contributed by atoms with Crippen molar-refractivity contribution in [1.82, 2.24) is 0 Å². The predicted molar refractivity (Wildman–Crippen MR) is 111 cm³/mol. The van der Waals surface area contributed by atoms with Crippen LogP contribution in [0.5, 0.6) is 0 Å². The van der Waals surface area contributed by atoms with Gasteiger partial charge >= 0.3 is 6.18 Å². The highest BCUT2D eigenvalue weighted by Gasteiger charge is 2.26. The van der Waals surface area contributed by atoms with Gasteiger partial charge < -0.3 is 5.73 Å². The van der Waals surface area contributed by atoms with E-state index in [0.717, 1.165) is 22.4 Å². The van der Waals surface area contributed by atoms with Crippen LogP contribution in [0.1, 0.15) is 23.1 Å². The average Bonchev–Trinajstić information content (AvgIpc) is 2.65. The Kier molecular flexibility index (Phi) is 6.25. The molecule has 0 aliphatic heterocycles. The second kappa shape index (κ2) is 8.34. The zero-order chi connectivity index (χ0) is 20.5. The van der Waals surface area contributed by atoms with Crippen LogP contribution >= 0.6 is 34.8 Å². The van der Waals surface area contributed by atoms with Gasteiger partial charge in [-0.2, -0.15) is 13.2 Å². The van der Waals surface area contributed by atoms with Gasteiger partial charge in [0.2, 0.25) is 0 Å². The number of rotatable bonds is 4. The Hall–Kier alpha value is -1.72. The molecule has 0 heterocycles. The molecule has 0 radical (unpaired) electrons. The third kappa shape index (κ3) is 4.47. The summed E-state index contributed by atoms with van der Waals surface area (Å²) in [4.78, 5) is 0. The van der Waals surface area contributed by atoms with E-state index in [2.05, 4.69) is 0 Å². The van der Waals surface area contributed by atoms with Gasteiger partial charge in [0.15, 0.2) is 0 Å². The van der Waals surface area contributed by atoms with Crippen molar-refractivity contribution in [2.45, 2.75) is 19.1 Å². The van der Waals surface area contributed by atoms with Crippen LogP contribution in [0.15, 0.2) is 54.6 Å². The molecule has 28 heavy (non-hydrogen) atoms. The Bertz CT molecular complexity index is 1040. The molecular formula is C21H15Cl3F3N. The number of alkyl halides is 3. The Balaban J connectivity index is 2.29. The van der Waals surface area contributed by atoms with Crippen LogP contribution in [0.2, 0.25) is 15.1 Å². The topological polar surface area (TPSA) is 26.0 Å². The number of hydrogen-bond donors (Lipinski definition) is 1. The fourth-order valence-electron chi connectivity index (χ4n) is 3.09. The van der Waals surface area contributed by atoms with Gasteiger partial charge in [0, 0.05) is 6.54 Å². The van der Waals surface area contributed by atoms with Crippen molar-refractivity contribution < 1.29 is 13.2 Å². The molecule has 146 valence electrons. The third-order valence-electron chi connectivity index (χ3n) is 4.36. The number of fused-ring (bicyclic) bond motifs is 1. The van der Waals surface area contributed by atoms with Gasteiger partial charge in [0.1, 0.15) is 0 Å². The monoisotopic (exact) mass is 443 g/mol. The molecular weight excluding hydrogens is 430 g/mol. The van der Waals surface area contributed by atoms with Gasteiger partial charge in [0.25, 0.3) is 0 Å². The molecule has 7 heteroatoms. The number of benzene rings is 3. The average molecular weight is 445 g/mol. The molecule has 0 unspecified atom stereocenters. The summed E-state index contributed by atoms with van der Waals surface area (Å²) in [7, 11) is 0. The van der Waals surface area contributed by atoms with Crippen LogP contribution < -0.4 is 5.73 Å². The van der Waals surface area contributed by atoms with Gasteiger partial charge in [0.05, 0.1) is 21.5 Å². The molecule has 0 saturated carbocycles. The maximum Gasteiger partial charge on any atom is 0.392 e. The van der Waals surface area contributed by atoms with E-state index in [9.17, 15) is 13.2 Å². The zero-order valence-corrected chi connectivity index (χ0v) is 16.7. The molecule has 3 aromatic carbocycles. The van der Waals surface area contributed by atoms with Crippen molar-refractivity contribution in [3.8, 4) is 0 Å². The highest BCUT2D eigenvalue weighted by molar-refractivity contribution is 6.48. The molecule has 0 aliphatic carbocycles. The van der Waals surface area contributed by atoms with E-state index in [-0.39, 0.29) is 15.1 Å². The Morgan fingerprint density at radius 2 is 1.54 bits per heavy atom. The van der Waals surface area contributed by atoms with Gasteiger partial charge in [-0.05, 0) is 45.2 Å². The fourth-order valence-corrected chi connectivity index (χ4v) is 3.68. The van der Waals surface area contributed by atoms with Crippen LogP contribution in [-0.4, -0.2) is 6.18 Å².